The van der Waals surface area contributed by atoms with Crippen LogP contribution in [0.25, 0.3) is 6.08 Å². The Morgan fingerprint density at radius 3 is 2.86 bits per heavy atom. The minimum Gasteiger partial charge on any atom is -0.492 e. The molecule has 1 N–H and O–H groups in total. The number of amides is 1. The van der Waals surface area contributed by atoms with Crippen LogP contribution in [-0.2, 0) is 4.79 Å². The SMILES string of the molecule is CCOc1ccccc1NC(=O)C(C#N)=Cc1cccnc1. The molecule has 5 nitrogen and oxygen atoms in total. The summed E-state index contributed by atoms with van der Waals surface area (Å²) in [5.74, 6) is 0.0792. The topological polar surface area (TPSA) is 75.0 Å². The van der Waals surface area contributed by atoms with Gasteiger partial charge in [-0.15, -0.1) is 0 Å². The van der Waals surface area contributed by atoms with E-state index in [0.29, 0.717) is 23.6 Å². The van der Waals surface area contributed by atoms with Gasteiger partial charge in [-0.2, -0.15) is 5.26 Å². The van der Waals surface area contributed by atoms with E-state index in [4.69, 9.17) is 4.74 Å². The number of rotatable bonds is 5. The number of aromatic nitrogens is 1. The Bertz CT molecular complexity index is 718. The predicted octanol–water partition coefficient (Wildman–Crippen LogP) is 3.03. The van der Waals surface area contributed by atoms with Gasteiger partial charge in [0.05, 0.1) is 12.3 Å². The number of benzene rings is 1. The lowest BCUT2D eigenvalue weighted by atomic mass is 10.1. The fraction of sp³-hybridized carbons (Fsp3) is 0.118. The Balaban J connectivity index is 2.21. The standard InChI is InChI=1S/C17H15N3O2/c1-2-22-16-8-4-3-7-15(16)20-17(21)14(11-18)10-13-6-5-9-19-12-13/h3-10,12H,2H2,1H3,(H,20,21). The van der Waals surface area contributed by atoms with E-state index in [9.17, 15) is 10.1 Å². The maximum absolute atomic E-state index is 12.2. The molecule has 0 radical (unpaired) electrons. The van der Waals surface area contributed by atoms with Crippen LogP contribution in [-0.4, -0.2) is 17.5 Å². The Morgan fingerprint density at radius 2 is 2.18 bits per heavy atom. The third kappa shape index (κ3) is 3.93. The summed E-state index contributed by atoms with van der Waals surface area (Å²) in [6, 6.07) is 12.5. The number of hydrogen-bond donors (Lipinski definition) is 1. The maximum Gasteiger partial charge on any atom is 0.266 e. The van der Waals surface area contributed by atoms with E-state index in [0.717, 1.165) is 0 Å². The Kier molecular flexibility index (Phi) is 5.27. The second-order valence-corrected chi connectivity index (χ2v) is 4.34. The molecule has 1 aromatic heterocycles. The van der Waals surface area contributed by atoms with Crippen molar-refractivity contribution in [1.29, 1.82) is 5.26 Å². The molecule has 0 aliphatic carbocycles. The summed E-state index contributed by atoms with van der Waals surface area (Å²) in [6.45, 7) is 2.35. The van der Waals surface area contributed by atoms with Gasteiger partial charge in [-0.3, -0.25) is 9.78 Å². The molecule has 110 valence electrons. The molecule has 0 fully saturated rings. The zero-order valence-electron chi connectivity index (χ0n) is 12.1. The molecule has 0 aliphatic heterocycles. The number of carbonyl (C=O) groups excluding carboxylic acids is 1. The van der Waals surface area contributed by atoms with Crippen molar-refractivity contribution < 1.29 is 9.53 Å². The van der Waals surface area contributed by atoms with Gasteiger partial charge in [0.15, 0.2) is 0 Å². The van der Waals surface area contributed by atoms with Gasteiger partial charge >= 0.3 is 0 Å². The molecule has 2 rings (SSSR count). The summed E-state index contributed by atoms with van der Waals surface area (Å²) in [5, 5.41) is 11.9. The zero-order chi connectivity index (χ0) is 15.8. The number of pyridine rings is 1. The highest BCUT2D eigenvalue weighted by molar-refractivity contribution is 6.10. The first kappa shape index (κ1) is 15.3. The number of hydrogen-bond acceptors (Lipinski definition) is 4. The summed E-state index contributed by atoms with van der Waals surface area (Å²) < 4.78 is 5.44. The lowest BCUT2D eigenvalue weighted by molar-refractivity contribution is -0.112. The normalized spacial score (nSPS) is 10.6. The first-order valence-corrected chi connectivity index (χ1v) is 6.79. The molecular weight excluding hydrogens is 278 g/mol. The number of carbonyl (C=O) groups is 1. The van der Waals surface area contributed by atoms with Gasteiger partial charge in [0.2, 0.25) is 0 Å². The van der Waals surface area contributed by atoms with Gasteiger partial charge in [-0.05, 0) is 36.8 Å². The van der Waals surface area contributed by atoms with Crippen LogP contribution < -0.4 is 10.1 Å². The largest absolute Gasteiger partial charge is 0.492 e. The monoisotopic (exact) mass is 293 g/mol. The fourth-order valence-corrected chi connectivity index (χ4v) is 1.82. The highest BCUT2D eigenvalue weighted by atomic mass is 16.5. The molecule has 5 heteroatoms. The lowest BCUT2D eigenvalue weighted by Crippen LogP contribution is -2.14. The summed E-state index contributed by atoms with van der Waals surface area (Å²) in [5.41, 5.74) is 1.22. The van der Waals surface area contributed by atoms with Crippen LogP contribution in [0.15, 0.2) is 54.4 Å². The van der Waals surface area contributed by atoms with Gasteiger partial charge in [0.25, 0.3) is 5.91 Å². The molecule has 0 saturated heterocycles. The van der Waals surface area contributed by atoms with E-state index in [-0.39, 0.29) is 5.57 Å². The van der Waals surface area contributed by atoms with Crippen molar-refractivity contribution in [3.05, 3.63) is 59.9 Å². The number of nitrogens with zero attached hydrogens (tertiary/aromatic N) is 2. The quantitative estimate of drug-likeness (QED) is 0.679. The Hall–Kier alpha value is -3.13. The maximum atomic E-state index is 12.2. The molecule has 1 amide bonds. The Labute approximate surface area is 128 Å². The van der Waals surface area contributed by atoms with Gasteiger partial charge < -0.3 is 10.1 Å². The third-order valence-electron chi connectivity index (χ3n) is 2.80. The summed E-state index contributed by atoms with van der Waals surface area (Å²) >= 11 is 0. The highest BCUT2D eigenvalue weighted by Crippen LogP contribution is 2.24. The van der Waals surface area contributed by atoms with Crippen molar-refractivity contribution in [1.82, 2.24) is 4.98 Å². The van der Waals surface area contributed by atoms with E-state index in [2.05, 4.69) is 10.3 Å². The molecule has 0 saturated carbocycles. The van der Waals surface area contributed by atoms with E-state index in [1.54, 1.807) is 42.7 Å². The molecule has 0 spiro atoms. The summed E-state index contributed by atoms with van der Waals surface area (Å²) in [7, 11) is 0. The van der Waals surface area contributed by atoms with Crippen LogP contribution in [0.2, 0.25) is 0 Å². The molecule has 2 aromatic rings. The van der Waals surface area contributed by atoms with Crippen LogP contribution in [0.1, 0.15) is 12.5 Å². The van der Waals surface area contributed by atoms with Crippen LogP contribution in [0, 0.1) is 11.3 Å². The minimum absolute atomic E-state index is 0.000647. The van der Waals surface area contributed by atoms with E-state index in [1.807, 2.05) is 19.1 Å². The predicted molar refractivity (Wildman–Crippen MR) is 84.1 cm³/mol. The first-order valence-electron chi connectivity index (χ1n) is 6.79. The van der Waals surface area contributed by atoms with Gasteiger partial charge in [0.1, 0.15) is 17.4 Å². The number of para-hydroxylation sites is 2. The van der Waals surface area contributed by atoms with Crippen molar-refractivity contribution in [2.45, 2.75) is 6.92 Å². The van der Waals surface area contributed by atoms with Crippen molar-refractivity contribution in [2.24, 2.45) is 0 Å². The fourth-order valence-electron chi connectivity index (χ4n) is 1.82. The van der Waals surface area contributed by atoms with Crippen LogP contribution in [0.3, 0.4) is 0 Å². The second-order valence-electron chi connectivity index (χ2n) is 4.34. The van der Waals surface area contributed by atoms with Gasteiger partial charge in [-0.25, -0.2) is 0 Å². The van der Waals surface area contributed by atoms with Crippen LogP contribution >= 0.6 is 0 Å². The van der Waals surface area contributed by atoms with Gasteiger partial charge in [0, 0.05) is 12.4 Å². The van der Waals surface area contributed by atoms with Crippen molar-refractivity contribution in [3.8, 4) is 11.8 Å². The Morgan fingerprint density at radius 1 is 1.36 bits per heavy atom. The molecule has 0 aliphatic rings. The van der Waals surface area contributed by atoms with Crippen molar-refractivity contribution in [3.63, 3.8) is 0 Å². The zero-order valence-corrected chi connectivity index (χ0v) is 12.1. The highest BCUT2D eigenvalue weighted by Gasteiger charge is 2.12. The number of nitriles is 1. The molecule has 0 bridgehead atoms. The molecule has 1 aromatic carbocycles. The van der Waals surface area contributed by atoms with Crippen LogP contribution in [0.4, 0.5) is 5.69 Å². The lowest BCUT2D eigenvalue weighted by Gasteiger charge is -2.10. The van der Waals surface area contributed by atoms with E-state index in [1.165, 1.54) is 6.08 Å². The third-order valence-corrected chi connectivity index (χ3v) is 2.80. The second kappa shape index (κ2) is 7.60. The summed E-state index contributed by atoms with van der Waals surface area (Å²) in [6.07, 6.45) is 4.70. The number of anilines is 1. The number of nitrogens with one attached hydrogen (secondary N) is 1. The molecule has 1 heterocycles. The van der Waals surface area contributed by atoms with E-state index < -0.39 is 5.91 Å². The van der Waals surface area contributed by atoms with Crippen LogP contribution in [0.5, 0.6) is 5.75 Å². The average Bonchev–Trinajstić information content (AvgIpc) is 2.55. The average molecular weight is 293 g/mol. The van der Waals surface area contributed by atoms with Crippen molar-refractivity contribution >= 4 is 17.7 Å². The minimum atomic E-state index is -0.487. The number of ether oxygens (including phenoxy) is 1. The molecule has 22 heavy (non-hydrogen) atoms. The summed E-state index contributed by atoms with van der Waals surface area (Å²) in [4.78, 5) is 16.2. The molecular formula is C17H15N3O2. The first-order chi connectivity index (χ1) is 10.7. The van der Waals surface area contributed by atoms with Crippen molar-refractivity contribution in [2.75, 3.05) is 11.9 Å². The van der Waals surface area contributed by atoms with Gasteiger partial charge in [-0.1, -0.05) is 18.2 Å². The molecule has 0 unspecified atom stereocenters. The smallest absolute Gasteiger partial charge is 0.266 e. The van der Waals surface area contributed by atoms with E-state index >= 15 is 0 Å². The molecule has 0 atom stereocenters.